The van der Waals surface area contributed by atoms with Crippen LogP contribution in [0.5, 0.6) is 0 Å². The van der Waals surface area contributed by atoms with Crippen LogP contribution < -0.4 is 4.90 Å². The summed E-state index contributed by atoms with van der Waals surface area (Å²) in [4.78, 5) is 4.44. The van der Waals surface area contributed by atoms with E-state index in [-0.39, 0.29) is 0 Å². The van der Waals surface area contributed by atoms with Gasteiger partial charge in [0.25, 0.3) is 6.43 Å². The number of likely N-dealkylation sites (N-methyl/N-ethyl adjacent to an activating group) is 1. The van der Waals surface area contributed by atoms with E-state index in [2.05, 4.69) is 32.0 Å². The van der Waals surface area contributed by atoms with Crippen LogP contribution in [0.2, 0.25) is 0 Å². The first-order valence-corrected chi connectivity index (χ1v) is 6.67. The quantitative estimate of drug-likeness (QED) is 0.847. The highest BCUT2D eigenvalue weighted by Crippen LogP contribution is 2.19. The van der Waals surface area contributed by atoms with Crippen molar-refractivity contribution >= 4 is 11.5 Å². The second-order valence-electron chi connectivity index (χ2n) is 4.74. The predicted octanol–water partition coefficient (Wildman–Crippen LogP) is 1.20. The second-order valence-corrected chi connectivity index (χ2v) is 4.74. The predicted molar refractivity (Wildman–Crippen MR) is 70.1 cm³/mol. The van der Waals surface area contributed by atoms with Crippen molar-refractivity contribution < 1.29 is 8.78 Å². The molecule has 3 heterocycles. The van der Waals surface area contributed by atoms with E-state index in [1.165, 1.54) is 0 Å². The van der Waals surface area contributed by atoms with Crippen LogP contribution in [-0.4, -0.2) is 57.4 Å². The van der Waals surface area contributed by atoms with Gasteiger partial charge in [0.1, 0.15) is 5.82 Å². The van der Waals surface area contributed by atoms with E-state index in [1.807, 2.05) is 0 Å². The molecule has 0 bridgehead atoms. The number of nitrogens with zero attached hydrogens (tertiary/aromatic N) is 6. The molecular weight excluding hydrogens is 266 g/mol. The molecule has 1 saturated heterocycles. The Morgan fingerprint density at radius 3 is 2.55 bits per heavy atom. The molecule has 8 heteroatoms. The van der Waals surface area contributed by atoms with E-state index in [9.17, 15) is 8.78 Å². The smallest absolute Gasteiger partial charge is 0.299 e. The fourth-order valence-corrected chi connectivity index (χ4v) is 2.39. The van der Waals surface area contributed by atoms with Gasteiger partial charge in [0.15, 0.2) is 5.65 Å². The van der Waals surface area contributed by atoms with Crippen LogP contribution in [0.4, 0.5) is 14.6 Å². The van der Waals surface area contributed by atoms with Gasteiger partial charge in [-0.05, 0) is 18.7 Å². The van der Waals surface area contributed by atoms with Gasteiger partial charge < -0.3 is 9.80 Å². The number of piperazine rings is 1. The Morgan fingerprint density at radius 2 is 1.90 bits per heavy atom. The summed E-state index contributed by atoms with van der Waals surface area (Å²) in [7, 11) is 0. The molecule has 0 aromatic carbocycles. The van der Waals surface area contributed by atoms with Gasteiger partial charge in [-0.15, -0.1) is 15.3 Å². The molecule has 0 spiro atoms. The maximum absolute atomic E-state index is 12.8. The average Bonchev–Trinajstić information content (AvgIpc) is 2.90. The number of alkyl halides is 2. The third kappa shape index (κ3) is 2.31. The third-order valence-electron chi connectivity index (χ3n) is 3.61. The molecule has 1 aliphatic rings. The standard InChI is InChI=1S/C12H16F2N6/c1-2-18-5-7-19(8-6-18)10-4-3-9-15-16-12(11(13)14)20(9)17-10/h3-4,11H,2,5-8H2,1H3. The van der Waals surface area contributed by atoms with Crippen molar-refractivity contribution in [1.29, 1.82) is 0 Å². The third-order valence-corrected chi connectivity index (χ3v) is 3.61. The van der Waals surface area contributed by atoms with Crippen LogP contribution in [0.3, 0.4) is 0 Å². The largest absolute Gasteiger partial charge is 0.353 e. The molecule has 3 rings (SSSR count). The first-order chi connectivity index (χ1) is 9.69. The summed E-state index contributed by atoms with van der Waals surface area (Å²) in [5, 5.41) is 11.4. The molecule has 1 fully saturated rings. The number of rotatable bonds is 3. The lowest BCUT2D eigenvalue weighted by atomic mass is 10.3. The van der Waals surface area contributed by atoms with Crippen LogP contribution in [0.1, 0.15) is 19.2 Å². The lowest BCUT2D eigenvalue weighted by Gasteiger charge is -2.34. The first kappa shape index (κ1) is 13.2. The molecule has 0 N–H and O–H groups in total. The van der Waals surface area contributed by atoms with Crippen molar-refractivity contribution in [2.45, 2.75) is 13.3 Å². The highest BCUT2D eigenvalue weighted by atomic mass is 19.3. The Labute approximate surface area is 115 Å². The van der Waals surface area contributed by atoms with Gasteiger partial charge in [-0.25, -0.2) is 8.78 Å². The molecule has 20 heavy (non-hydrogen) atoms. The Morgan fingerprint density at radius 1 is 1.15 bits per heavy atom. The zero-order chi connectivity index (χ0) is 14.1. The Bertz CT molecular complexity index is 591. The molecule has 6 nitrogen and oxygen atoms in total. The van der Waals surface area contributed by atoms with Crippen LogP contribution in [0.25, 0.3) is 5.65 Å². The number of hydrogen-bond acceptors (Lipinski definition) is 5. The number of anilines is 1. The fourth-order valence-electron chi connectivity index (χ4n) is 2.39. The SMILES string of the molecule is CCN1CCN(c2ccc3nnc(C(F)F)n3n2)CC1. The average molecular weight is 282 g/mol. The maximum Gasteiger partial charge on any atom is 0.299 e. The van der Waals surface area contributed by atoms with E-state index in [0.717, 1.165) is 37.2 Å². The summed E-state index contributed by atoms with van der Waals surface area (Å²) >= 11 is 0. The van der Waals surface area contributed by atoms with Gasteiger partial charge >= 0.3 is 0 Å². The summed E-state index contributed by atoms with van der Waals surface area (Å²) in [5.41, 5.74) is 0.344. The van der Waals surface area contributed by atoms with Crippen molar-refractivity contribution in [3.8, 4) is 0 Å². The molecule has 2 aromatic rings. The normalized spacial score (nSPS) is 17.3. The van der Waals surface area contributed by atoms with Crippen LogP contribution in [0, 0.1) is 0 Å². The van der Waals surface area contributed by atoms with Gasteiger partial charge in [0.2, 0.25) is 5.82 Å². The molecular formula is C12H16F2N6. The number of fused-ring (bicyclic) bond motifs is 1. The van der Waals surface area contributed by atoms with E-state index in [4.69, 9.17) is 0 Å². The van der Waals surface area contributed by atoms with Crippen LogP contribution in [0.15, 0.2) is 12.1 Å². The minimum atomic E-state index is -2.68. The van der Waals surface area contributed by atoms with Crippen LogP contribution >= 0.6 is 0 Å². The van der Waals surface area contributed by atoms with Gasteiger partial charge in [-0.1, -0.05) is 6.92 Å². The Balaban J connectivity index is 1.87. The molecule has 1 aliphatic heterocycles. The molecule has 0 amide bonds. The zero-order valence-electron chi connectivity index (χ0n) is 11.2. The number of hydrogen-bond donors (Lipinski definition) is 0. The summed E-state index contributed by atoms with van der Waals surface area (Å²) in [6.07, 6.45) is -2.68. The fraction of sp³-hybridized carbons (Fsp3) is 0.583. The molecule has 0 atom stereocenters. The van der Waals surface area contributed by atoms with Crippen molar-refractivity contribution in [3.05, 3.63) is 18.0 Å². The molecule has 0 unspecified atom stereocenters. The minimum absolute atomic E-state index is 0.344. The molecule has 2 aromatic heterocycles. The van der Waals surface area contributed by atoms with Crippen LogP contribution in [-0.2, 0) is 0 Å². The van der Waals surface area contributed by atoms with Gasteiger partial charge in [-0.3, -0.25) is 0 Å². The van der Waals surface area contributed by atoms with Crippen molar-refractivity contribution in [1.82, 2.24) is 24.7 Å². The topological polar surface area (TPSA) is 49.6 Å². The highest BCUT2D eigenvalue weighted by Gasteiger charge is 2.20. The zero-order valence-corrected chi connectivity index (χ0v) is 11.2. The summed E-state index contributed by atoms with van der Waals surface area (Å²) in [6.45, 7) is 6.77. The molecule has 108 valence electrons. The molecule has 0 aliphatic carbocycles. The Hall–Kier alpha value is -1.83. The first-order valence-electron chi connectivity index (χ1n) is 6.67. The second kappa shape index (κ2) is 5.28. The van der Waals surface area contributed by atoms with Crippen molar-refractivity contribution in [2.75, 3.05) is 37.6 Å². The van der Waals surface area contributed by atoms with E-state index in [0.29, 0.717) is 11.5 Å². The van der Waals surface area contributed by atoms with E-state index in [1.54, 1.807) is 12.1 Å². The number of halogens is 2. The summed E-state index contributed by atoms with van der Waals surface area (Å²) < 4.78 is 26.8. The van der Waals surface area contributed by atoms with E-state index < -0.39 is 12.2 Å². The van der Waals surface area contributed by atoms with Gasteiger partial charge in [0.05, 0.1) is 0 Å². The minimum Gasteiger partial charge on any atom is -0.353 e. The van der Waals surface area contributed by atoms with Gasteiger partial charge in [-0.2, -0.15) is 4.52 Å². The lowest BCUT2D eigenvalue weighted by molar-refractivity contribution is 0.137. The van der Waals surface area contributed by atoms with Crippen molar-refractivity contribution in [2.24, 2.45) is 0 Å². The molecule has 0 radical (unpaired) electrons. The van der Waals surface area contributed by atoms with E-state index >= 15 is 0 Å². The van der Waals surface area contributed by atoms with Gasteiger partial charge in [0, 0.05) is 26.2 Å². The number of aromatic nitrogens is 4. The molecule has 0 saturated carbocycles. The monoisotopic (exact) mass is 282 g/mol. The highest BCUT2D eigenvalue weighted by molar-refractivity contribution is 5.46. The van der Waals surface area contributed by atoms with Crippen molar-refractivity contribution in [3.63, 3.8) is 0 Å². The summed E-state index contributed by atoms with van der Waals surface area (Å²) in [5.74, 6) is 0.281. The maximum atomic E-state index is 12.8. The Kier molecular flexibility index (Phi) is 3.47. The summed E-state index contributed by atoms with van der Waals surface area (Å²) in [6, 6.07) is 3.48. The lowest BCUT2D eigenvalue weighted by Crippen LogP contribution is -2.46.